The Bertz CT molecular complexity index is 1060. The second-order valence-electron chi connectivity index (χ2n) is 7.25. The minimum Gasteiger partial charge on any atom is -0.507 e. The molecule has 1 atom stereocenters. The molecule has 1 N–H and O–H groups in total. The molecule has 0 aliphatic carbocycles. The van der Waals surface area contributed by atoms with Crippen molar-refractivity contribution in [2.45, 2.75) is 13.0 Å². The number of ether oxygens (including phenoxy) is 4. The molecular weight excluding hydrogens is 414 g/mol. The Hall–Kier alpha value is -3.52. The monoisotopic (exact) mass is 441 g/mol. The number of rotatable bonds is 8. The third kappa shape index (κ3) is 4.01. The lowest BCUT2D eigenvalue weighted by Gasteiger charge is -2.27. The van der Waals surface area contributed by atoms with Crippen LogP contribution in [-0.2, 0) is 14.3 Å². The number of ketones is 1. The number of methoxy groups -OCH3 is 4. The first-order valence-corrected chi connectivity index (χ1v) is 10.0. The maximum absolute atomic E-state index is 13.1. The number of aliphatic hydroxyl groups is 1. The largest absolute Gasteiger partial charge is 0.507 e. The van der Waals surface area contributed by atoms with E-state index < -0.39 is 17.7 Å². The van der Waals surface area contributed by atoms with Gasteiger partial charge in [0.2, 0.25) is 0 Å². The molecule has 2 aromatic carbocycles. The second kappa shape index (κ2) is 9.74. The van der Waals surface area contributed by atoms with Crippen molar-refractivity contribution in [3.05, 3.63) is 58.7 Å². The van der Waals surface area contributed by atoms with Gasteiger partial charge in [0.15, 0.2) is 11.5 Å². The Balaban J connectivity index is 2.27. The van der Waals surface area contributed by atoms with Gasteiger partial charge in [0.05, 0.1) is 39.6 Å². The summed E-state index contributed by atoms with van der Waals surface area (Å²) in [5.74, 6) is -0.318. The van der Waals surface area contributed by atoms with Gasteiger partial charge < -0.3 is 29.0 Å². The third-order valence-corrected chi connectivity index (χ3v) is 5.49. The lowest BCUT2D eigenvalue weighted by molar-refractivity contribution is -0.140. The maximum atomic E-state index is 13.1. The molecule has 1 aliphatic rings. The van der Waals surface area contributed by atoms with E-state index in [1.54, 1.807) is 50.4 Å². The van der Waals surface area contributed by atoms with Gasteiger partial charge in [-0.3, -0.25) is 9.59 Å². The molecule has 0 spiro atoms. The number of likely N-dealkylation sites (tertiary alicyclic amines) is 1. The number of nitrogens with zero attached hydrogens (tertiary/aromatic N) is 1. The molecule has 0 saturated carbocycles. The maximum Gasteiger partial charge on any atom is 0.295 e. The lowest BCUT2D eigenvalue weighted by Crippen LogP contribution is -2.32. The molecule has 0 bridgehead atoms. The molecule has 1 aliphatic heterocycles. The van der Waals surface area contributed by atoms with Crippen molar-refractivity contribution < 1.29 is 33.6 Å². The predicted octanol–water partition coefficient (Wildman–Crippen LogP) is 3.09. The van der Waals surface area contributed by atoms with Crippen LogP contribution in [0.2, 0.25) is 0 Å². The highest BCUT2D eigenvalue weighted by Crippen LogP contribution is 2.45. The number of benzene rings is 2. The Morgan fingerprint density at radius 3 is 2.38 bits per heavy atom. The second-order valence-corrected chi connectivity index (χ2v) is 7.25. The number of hydrogen-bond donors (Lipinski definition) is 1. The average Bonchev–Trinajstić information content (AvgIpc) is 3.06. The van der Waals surface area contributed by atoms with Crippen LogP contribution in [0.25, 0.3) is 5.76 Å². The summed E-state index contributed by atoms with van der Waals surface area (Å²) in [6, 6.07) is 9.42. The first-order chi connectivity index (χ1) is 15.4. The van der Waals surface area contributed by atoms with E-state index in [2.05, 4.69) is 0 Å². The van der Waals surface area contributed by atoms with Gasteiger partial charge in [0.25, 0.3) is 11.7 Å². The van der Waals surface area contributed by atoms with Gasteiger partial charge in [0.1, 0.15) is 11.5 Å². The van der Waals surface area contributed by atoms with Crippen LogP contribution in [0.1, 0.15) is 22.7 Å². The average molecular weight is 441 g/mol. The van der Waals surface area contributed by atoms with Crippen molar-refractivity contribution >= 4 is 17.4 Å². The Labute approximate surface area is 187 Å². The summed E-state index contributed by atoms with van der Waals surface area (Å²) in [6.45, 7) is 2.17. The van der Waals surface area contributed by atoms with Gasteiger partial charge in [-0.1, -0.05) is 12.1 Å². The van der Waals surface area contributed by atoms with E-state index >= 15 is 0 Å². The zero-order valence-electron chi connectivity index (χ0n) is 18.8. The highest BCUT2D eigenvalue weighted by molar-refractivity contribution is 6.46. The predicted molar refractivity (Wildman–Crippen MR) is 118 cm³/mol. The number of carbonyl (C=O) groups excluding carboxylic acids is 2. The molecule has 0 aromatic heterocycles. The summed E-state index contributed by atoms with van der Waals surface area (Å²) in [6.07, 6.45) is 0. The van der Waals surface area contributed by atoms with E-state index in [1.165, 1.54) is 26.2 Å². The topological polar surface area (TPSA) is 94.5 Å². The molecule has 170 valence electrons. The van der Waals surface area contributed by atoms with Crippen LogP contribution in [0.3, 0.4) is 0 Å². The Morgan fingerprint density at radius 2 is 1.78 bits per heavy atom. The van der Waals surface area contributed by atoms with Crippen molar-refractivity contribution in [1.82, 2.24) is 4.90 Å². The van der Waals surface area contributed by atoms with Crippen molar-refractivity contribution in [2.24, 2.45) is 0 Å². The van der Waals surface area contributed by atoms with Gasteiger partial charge in [0, 0.05) is 24.8 Å². The molecule has 8 nitrogen and oxygen atoms in total. The van der Waals surface area contributed by atoms with Gasteiger partial charge in [-0.2, -0.15) is 0 Å². The van der Waals surface area contributed by atoms with Crippen LogP contribution in [0.4, 0.5) is 0 Å². The molecular formula is C24H27NO7. The number of carbonyl (C=O) groups is 2. The third-order valence-electron chi connectivity index (χ3n) is 5.49. The zero-order valence-corrected chi connectivity index (χ0v) is 18.8. The molecule has 1 heterocycles. The van der Waals surface area contributed by atoms with E-state index in [1.807, 2.05) is 0 Å². The molecule has 1 saturated heterocycles. The standard InChI is InChI=1S/C24H27NO7/c1-14-13-15(30-3)9-10-16(14)21(26)19-20(25(11-12-29-2)24(28)22(19)27)17-7-6-8-18(31-4)23(17)32-5/h6-10,13,20,26H,11-12H2,1-5H3/b21-19+/t20-/m1/s1. The highest BCUT2D eigenvalue weighted by atomic mass is 16.5. The summed E-state index contributed by atoms with van der Waals surface area (Å²) < 4.78 is 21.3. The number of Topliss-reactive ketones (excluding diaryl/α,β-unsaturated/α-hetero) is 1. The number of aliphatic hydroxyl groups excluding tert-OH is 1. The number of hydrogen-bond acceptors (Lipinski definition) is 7. The van der Waals surface area contributed by atoms with Crippen molar-refractivity contribution in [3.63, 3.8) is 0 Å². The zero-order chi connectivity index (χ0) is 23.4. The van der Waals surface area contributed by atoms with Gasteiger partial charge in [-0.25, -0.2) is 0 Å². The molecule has 2 aromatic rings. The molecule has 0 unspecified atom stereocenters. The lowest BCUT2D eigenvalue weighted by atomic mass is 9.93. The van der Waals surface area contributed by atoms with Crippen LogP contribution in [0.5, 0.6) is 17.2 Å². The minimum atomic E-state index is -0.878. The molecule has 1 fully saturated rings. The van der Waals surface area contributed by atoms with E-state index in [-0.39, 0.29) is 24.5 Å². The van der Waals surface area contributed by atoms with E-state index in [0.29, 0.717) is 33.9 Å². The molecule has 3 rings (SSSR count). The van der Waals surface area contributed by atoms with Gasteiger partial charge in [-0.15, -0.1) is 0 Å². The number of para-hydroxylation sites is 1. The normalized spacial score (nSPS) is 17.5. The van der Waals surface area contributed by atoms with Crippen LogP contribution >= 0.6 is 0 Å². The summed E-state index contributed by atoms with van der Waals surface area (Å²) in [4.78, 5) is 27.5. The van der Waals surface area contributed by atoms with Crippen molar-refractivity contribution in [1.29, 1.82) is 0 Å². The van der Waals surface area contributed by atoms with Gasteiger partial charge in [-0.05, 0) is 36.8 Å². The number of amides is 1. The minimum absolute atomic E-state index is 0.0223. The first-order valence-electron chi connectivity index (χ1n) is 10.0. The number of aryl methyl sites for hydroxylation is 1. The van der Waals surface area contributed by atoms with Crippen LogP contribution in [0, 0.1) is 6.92 Å². The van der Waals surface area contributed by atoms with E-state index in [9.17, 15) is 14.7 Å². The van der Waals surface area contributed by atoms with Crippen LogP contribution < -0.4 is 14.2 Å². The molecule has 1 amide bonds. The molecule has 8 heteroatoms. The highest BCUT2D eigenvalue weighted by Gasteiger charge is 2.47. The first kappa shape index (κ1) is 23.1. The fourth-order valence-electron chi connectivity index (χ4n) is 3.92. The summed E-state index contributed by atoms with van der Waals surface area (Å²) in [5, 5.41) is 11.3. The quantitative estimate of drug-likeness (QED) is 0.382. The fourth-order valence-corrected chi connectivity index (χ4v) is 3.92. The summed E-state index contributed by atoms with van der Waals surface area (Å²) in [7, 11) is 6.05. The SMILES string of the molecule is COCCN1C(=O)C(=O)/C(=C(/O)c2ccc(OC)cc2C)[C@H]1c1cccc(OC)c1OC. The van der Waals surface area contributed by atoms with E-state index in [0.717, 1.165) is 0 Å². The van der Waals surface area contributed by atoms with Crippen molar-refractivity contribution in [2.75, 3.05) is 41.6 Å². The van der Waals surface area contributed by atoms with Crippen LogP contribution in [-0.4, -0.2) is 63.3 Å². The Kier molecular flexibility index (Phi) is 7.05. The summed E-state index contributed by atoms with van der Waals surface area (Å²) in [5.41, 5.74) is 1.63. The van der Waals surface area contributed by atoms with Gasteiger partial charge >= 0.3 is 0 Å². The fraction of sp³-hybridized carbons (Fsp3) is 0.333. The van der Waals surface area contributed by atoms with Crippen LogP contribution in [0.15, 0.2) is 42.0 Å². The Morgan fingerprint density at radius 1 is 1.03 bits per heavy atom. The van der Waals surface area contributed by atoms with Crippen molar-refractivity contribution in [3.8, 4) is 17.2 Å². The smallest absolute Gasteiger partial charge is 0.295 e. The molecule has 32 heavy (non-hydrogen) atoms. The van der Waals surface area contributed by atoms with E-state index in [4.69, 9.17) is 18.9 Å². The molecule has 0 radical (unpaired) electrons. The summed E-state index contributed by atoms with van der Waals surface area (Å²) >= 11 is 0.